The van der Waals surface area contributed by atoms with E-state index in [0.29, 0.717) is 18.8 Å². The first-order valence-electron chi connectivity index (χ1n) is 8.81. The summed E-state index contributed by atoms with van der Waals surface area (Å²) in [6.45, 7) is 7.07. The molecule has 1 aliphatic rings. The van der Waals surface area contributed by atoms with Gasteiger partial charge in [0.05, 0.1) is 6.54 Å². The van der Waals surface area contributed by atoms with Crippen molar-refractivity contribution in [3.8, 4) is 5.75 Å². The lowest BCUT2D eigenvalue weighted by Crippen LogP contribution is -2.34. The zero-order valence-corrected chi connectivity index (χ0v) is 15.7. The van der Waals surface area contributed by atoms with Crippen LogP contribution in [0.15, 0.2) is 35.1 Å². The maximum absolute atomic E-state index is 12.5. The van der Waals surface area contributed by atoms with Crippen LogP contribution in [0.1, 0.15) is 23.2 Å². The van der Waals surface area contributed by atoms with Gasteiger partial charge in [-0.2, -0.15) is 0 Å². The summed E-state index contributed by atoms with van der Waals surface area (Å²) in [6, 6.07) is 9.09. The lowest BCUT2D eigenvalue weighted by molar-refractivity contribution is 0.194. The van der Waals surface area contributed by atoms with Crippen molar-refractivity contribution in [3.05, 3.63) is 57.5 Å². The molecule has 1 atom stereocenters. The van der Waals surface area contributed by atoms with Gasteiger partial charge in [-0.25, -0.2) is 4.79 Å². The van der Waals surface area contributed by atoms with Gasteiger partial charge in [-0.15, -0.1) is 0 Å². The second kappa shape index (κ2) is 7.23. The van der Waals surface area contributed by atoms with Crippen LogP contribution in [0.5, 0.6) is 5.75 Å². The summed E-state index contributed by atoms with van der Waals surface area (Å²) in [4.78, 5) is 26.1. The zero-order valence-electron chi connectivity index (χ0n) is 15.7. The van der Waals surface area contributed by atoms with Gasteiger partial charge in [0.15, 0.2) is 0 Å². The largest absolute Gasteiger partial charge is 0.488 e. The fourth-order valence-electron chi connectivity index (χ4n) is 3.03. The number of aromatic nitrogens is 1. The number of nitrogens with zero attached hydrogens (tertiary/aromatic N) is 2. The number of benzene rings is 1. The highest BCUT2D eigenvalue weighted by Crippen LogP contribution is 2.20. The molecule has 2 heterocycles. The molecule has 2 amide bonds. The molecule has 138 valence electrons. The quantitative estimate of drug-likeness (QED) is 0.921. The Morgan fingerprint density at radius 2 is 1.92 bits per heavy atom. The second-order valence-electron chi connectivity index (χ2n) is 6.93. The van der Waals surface area contributed by atoms with Crippen molar-refractivity contribution in [2.24, 2.45) is 7.05 Å². The van der Waals surface area contributed by atoms with Crippen molar-refractivity contribution < 1.29 is 9.53 Å². The zero-order chi connectivity index (χ0) is 18.8. The van der Waals surface area contributed by atoms with Crippen LogP contribution in [-0.4, -0.2) is 34.7 Å². The van der Waals surface area contributed by atoms with Crippen LogP contribution in [-0.2, 0) is 7.05 Å². The summed E-state index contributed by atoms with van der Waals surface area (Å²) in [5.41, 5.74) is 3.88. The molecule has 1 saturated heterocycles. The molecule has 1 fully saturated rings. The molecule has 1 aromatic carbocycles. The lowest BCUT2D eigenvalue weighted by Gasteiger charge is -2.18. The van der Waals surface area contributed by atoms with Crippen LogP contribution in [0.2, 0.25) is 0 Å². The van der Waals surface area contributed by atoms with E-state index in [9.17, 15) is 9.59 Å². The fraction of sp³-hybridized carbons (Fsp3) is 0.400. The highest BCUT2D eigenvalue weighted by Gasteiger charge is 2.28. The second-order valence-corrected chi connectivity index (χ2v) is 6.93. The summed E-state index contributed by atoms with van der Waals surface area (Å²) >= 11 is 0. The average molecular weight is 355 g/mol. The van der Waals surface area contributed by atoms with Gasteiger partial charge in [-0.05, 0) is 50.1 Å². The maximum atomic E-state index is 12.5. The van der Waals surface area contributed by atoms with Gasteiger partial charge < -0.3 is 19.5 Å². The minimum absolute atomic E-state index is 0.0951. The average Bonchev–Trinajstić information content (AvgIpc) is 3.04. The number of amides is 2. The molecule has 1 unspecified atom stereocenters. The Labute approximate surface area is 153 Å². The minimum Gasteiger partial charge on any atom is -0.488 e. The van der Waals surface area contributed by atoms with Gasteiger partial charge >= 0.3 is 6.03 Å². The number of hydrogen-bond donors (Lipinski definition) is 1. The Balaban J connectivity index is 1.60. The van der Waals surface area contributed by atoms with Crippen molar-refractivity contribution in [3.63, 3.8) is 0 Å². The number of nitrogens with one attached hydrogen (secondary N) is 1. The molecule has 1 aliphatic heterocycles. The first-order valence-corrected chi connectivity index (χ1v) is 8.81. The third kappa shape index (κ3) is 3.90. The van der Waals surface area contributed by atoms with Gasteiger partial charge in [-0.3, -0.25) is 4.79 Å². The number of urea groups is 1. The van der Waals surface area contributed by atoms with Crippen molar-refractivity contribution >= 4 is 11.7 Å². The number of hydrogen-bond acceptors (Lipinski definition) is 3. The van der Waals surface area contributed by atoms with Gasteiger partial charge in [0, 0.05) is 37.5 Å². The smallest absolute Gasteiger partial charge is 0.321 e. The van der Waals surface area contributed by atoms with Crippen LogP contribution in [0, 0.1) is 20.8 Å². The first-order chi connectivity index (χ1) is 12.3. The Bertz CT molecular complexity index is 888. The number of ether oxygens (including phenoxy) is 1. The van der Waals surface area contributed by atoms with E-state index in [4.69, 9.17) is 4.74 Å². The minimum atomic E-state index is -0.125. The Hall–Kier alpha value is -2.76. The van der Waals surface area contributed by atoms with E-state index >= 15 is 0 Å². The molecule has 3 rings (SSSR count). The Morgan fingerprint density at radius 3 is 2.62 bits per heavy atom. The van der Waals surface area contributed by atoms with E-state index in [1.54, 1.807) is 16.5 Å². The molecule has 6 heteroatoms. The molecular formula is C20H25N3O3. The first kappa shape index (κ1) is 18.0. The standard InChI is InChI=1S/C20H25N3O3/c1-13-5-6-16(9-14(13)2)21-20(25)23-8-7-17(12-23)26-18-10-15(3)22(4)19(24)11-18/h5-6,9-11,17H,7-8,12H2,1-4H3,(H,21,25). The summed E-state index contributed by atoms with van der Waals surface area (Å²) in [5, 5.41) is 2.94. The molecule has 1 N–H and O–H groups in total. The van der Waals surface area contributed by atoms with E-state index in [2.05, 4.69) is 5.32 Å². The number of pyridine rings is 1. The molecule has 0 aliphatic carbocycles. The third-order valence-electron chi connectivity index (χ3n) is 4.97. The van der Waals surface area contributed by atoms with Crippen molar-refractivity contribution in [2.45, 2.75) is 33.3 Å². The van der Waals surface area contributed by atoms with Crippen LogP contribution < -0.4 is 15.6 Å². The van der Waals surface area contributed by atoms with Gasteiger partial charge in [-0.1, -0.05) is 6.07 Å². The molecule has 0 radical (unpaired) electrons. The van der Waals surface area contributed by atoms with Crippen molar-refractivity contribution in [1.29, 1.82) is 0 Å². The number of aryl methyl sites for hydroxylation is 3. The number of carbonyl (C=O) groups excluding carboxylic acids is 1. The van der Waals surface area contributed by atoms with E-state index in [0.717, 1.165) is 23.4 Å². The number of rotatable bonds is 3. The van der Waals surface area contributed by atoms with Gasteiger partial charge in [0.2, 0.25) is 0 Å². The number of carbonyl (C=O) groups is 1. The van der Waals surface area contributed by atoms with E-state index in [1.807, 2.05) is 45.0 Å². The number of likely N-dealkylation sites (tertiary alicyclic amines) is 1. The summed E-state index contributed by atoms with van der Waals surface area (Å²) in [7, 11) is 1.73. The predicted molar refractivity (Wildman–Crippen MR) is 102 cm³/mol. The van der Waals surface area contributed by atoms with Crippen LogP contribution in [0.4, 0.5) is 10.5 Å². The molecule has 26 heavy (non-hydrogen) atoms. The topological polar surface area (TPSA) is 63.6 Å². The van der Waals surface area contributed by atoms with E-state index in [-0.39, 0.29) is 17.7 Å². The highest BCUT2D eigenvalue weighted by atomic mass is 16.5. The van der Waals surface area contributed by atoms with Gasteiger partial charge in [0.25, 0.3) is 5.56 Å². The van der Waals surface area contributed by atoms with E-state index < -0.39 is 0 Å². The normalized spacial score (nSPS) is 16.6. The maximum Gasteiger partial charge on any atom is 0.321 e. The fourth-order valence-corrected chi connectivity index (χ4v) is 3.03. The summed E-state index contributed by atoms with van der Waals surface area (Å²) in [6.07, 6.45) is 0.640. The summed E-state index contributed by atoms with van der Waals surface area (Å²) < 4.78 is 7.50. The Kier molecular flexibility index (Phi) is 5.02. The summed E-state index contributed by atoms with van der Waals surface area (Å²) in [5.74, 6) is 0.562. The monoisotopic (exact) mass is 355 g/mol. The van der Waals surface area contributed by atoms with Crippen LogP contribution in [0.25, 0.3) is 0 Å². The molecular weight excluding hydrogens is 330 g/mol. The van der Waals surface area contributed by atoms with Crippen LogP contribution >= 0.6 is 0 Å². The third-order valence-corrected chi connectivity index (χ3v) is 4.97. The molecule has 0 saturated carbocycles. The SMILES string of the molecule is Cc1ccc(NC(=O)N2CCC(Oc3cc(C)n(C)c(=O)c3)C2)cc1C. The molecule has 1 aromatic heterocycles. The van der Waals surface area contributed by atoms with Crippen molar-refractivity contribution in [1.82, 2.24) is 9.47 Å². The lowest BCUT2D eigenvalue weighted by atomic mass is 10.1. The molecule has 6 nitrogen and oxygen atoms in total. The van der Waals surface area contributed by atoms with Gasteiger partial charge in [0.1, 0.15) is 11.9 Å². The van der Waals surface area contributed by atoms with Crippen molar-refractivity contribution in [2.75, 3.05) is 18.4 Å². The van der Waals surface area contributed by atoms with E-state index in [1.165, 1.54) is 11.6 Å². The predicted octanol–water partition coefficient (Wildman–Crippen LogP) is 3.00. The molecule has 2 aromatic rings. The molecule has 0 bridgehead atoms. The highest BCUT2D eigenvalue weighted by molar-refractivity contribution is 5.89. The number of anilines is 1. The Morgan fingerprint density at radius 1 is 1.15 bits per heavy atom. The molecule has 0 spiro atoms. The van der Waals surface area contributed by atoms with Crippen LogP contribution in [0.3, 0.4) is 0 Å².